The highest BCUT2D eigenvalue weighted by Gasteiger charge is 2.21. The van der Waals surface area contributed by atoms with E-state index in [0.29, 0.717) is 24.8 Å². The summed E-state index contributed by atoms with van der Waals surface area (Å²) in [5.74, 6) is 0.0628. The maximum Gasteiger partial charge on any atom is 0.224 e. The van der Waals surface area contributed by atoms with Crippen molar-refractivity contribution in [2.24, 2.45) is 0 Å². The van der Waals surface area contributed by atoms with E-state index in [9.17, 15) is 4.79 Å². The largest absolute Gasteiger partial charge is 0.397 e. The molecule has 1 aliphatic heterocycles. The Morgan fingerprint density at radius 2 is 2.19 bits per heavy atom. The predicted molar refractivity (Wildman–Crippen MR) is 86.8 cm³/mol. The van der Waals surface area contributed by atoms with Gasteiger partial charge in [-0.1, -0.05) is 6.92 Å². The highest BCUT2D eigenvalue weighted by molar-refractivity contribution is 5.95. The Morgan fingerprint density at radius 1 is 1.43 bits per heavy atom. The molecule has 5 nitrogen and oxygen atoms in total. The Bertz CT molecular complexity index is 516. The second-order valence-corrected chi connectivity index (χ2v) is 5.56. The lowest BCUT2D eigenvalue weighted by molar-refractivity contribution is -0.116. The maximum atomic E-state index is 11.5. The van der Waals surface area contributed by atoms with Crippen LogP contribution in [0.1, 0.15) is 32.3 Å². The Labute approximate surface area is 126 Å². The molecule has 0 saturated heterocycles. The SMILES string of the molecule is CCC(C)N(CCOC)c1cc2c(cc1N)NC(=O)CC2. The van der Waals surface area contributed by atoms with Crippen molar-refractivity contribution in [1.29, 1.82) is 0 Å². The van der Waals surface area contributed by atoms with Gasteiger partial charge in [0.1, 0.15) is 0 Å². The number of nitrogen functional groups attached to an aromatic ring is 1. The van der Waals surface area contributed by atoms with Crippen molar-refractivity contribution in [3.8, 4) is 0 Å². The standard InChI is InChI=1S/C16H25N3O2/c1-4-11(2)19(7-8-21-3)15-9-12-5-6-16(20)18-14(12)10-13(15)17/h9-11H,4-8,17H2,1-3H3,(H,18,20). The minimum atomic E-state index is 0.0628. The van der Waals surface area contributed by atoms with Crippen LogP contribution in [0.5, 0.6) is 0 Å². The number of hydrogen-bond acceptors (Lipinski definition) is 4. The van der Waals surface area contributed by atoms with Crippen LogP contribution in [0.25, 0.3) is 0 Å². The van der Waals surface area contributed by atoms with Crippen LogP contribution in [-0.2, 0) is 16.0 Å². The number of amides is 1. The first-order valence-corrected chi connectivity index (χ1v) is 7.54. The fraction of sp³-hybridized carbons (Fsp3) is 0.562. The molecule has 3 N–H and O–H groups in total. The highest BCUT2D eigenvalue weighted by Crippen LogP contribution is 2.34. The zero-order chi connectivity index (χ0) is 15.4. The predicted octanol–water partition coefficient (Wildman–Crippen LogP) is 2.40. The minimum absolute atomic E-state index is 0.0628. The van der Waals surface area contributed by atoms with E-state index < -0.39 is 0 Å². The van der Waals surface area contributed by atoms with Gasteiger partial charge in [-0.15, -0.1) is 0 Å². The molecule has 2 rings (SSSR count). The van der Waals surface area contributed by atoms with Crippen molar-refractivity contribution in [3.63, 3.8) is 0 Å². The van der Waals surface area contributed by atoms with Crippen LogP contribution in [0.15, 0.2) is 12.1 Å². The molecule has 1 heterocycles. The Balaban J connectivity index is 2.34. The molecule has 1 aromatic rings. The van der Waals surface area contributed by atoms with E-state index in [1.807, 2.05) is 6.07 Å². The summed E-state index contributed by atoms with van der Waals surface area (Å²) >= 11 is 0. The van der Waals surface area contributed by atoms with E-state index in [2.05, 4.69) is 30.1 Å². The van der Waals surface area contributed by atoms with E-state index in [-0.39, 0.29) is 5.91 Å². The van der Waals surface area contributed by atoms with Gasteiger partial charge in [0.25, 0.3) is 0 Å². The Morgan fingerprint density at radius 3 is 2.86 bits per heavy atom. The van der Waals surface area contributed by atoms with Crippen molar-refractivity contribution >= 4 is 23.0 Å². The van der Waals surface area contributed by atoms with Crippen molar-refractivity contribution in [1.82, 2.24) is 0 Å². The zero-order valence-electron chi connectivity index (χ0n) is 13.1. The van der Waals surface area contributed by atoms with Gasteiger partial charge in [0.2, 0.25) is 5.91 Å². The quantitative estimate of drug-likeness (QED) is 0.790. The Kier molecular flexibility index (Phi) is 5.07. The number of hydrogen-bond donors (Lipinski definition) is 2. The molecule has 116 valence electrons. The van der Waals surface area contributed by atoms with Crippen LogP contribution >= 0.6 is 0 Å². The first-order valence-electron chi connectivity index (χ1n) is 7.54. The van der Waals surface area contributed by atoms with Crippen molar-refractivity contribution < 1.29 is 9.53 Å². The number of anilines is 3. The molecular weight excluding hydrogens is 266 g/mol. The molecule has 0 aromatic heterocycles. The number of rotatable bonds is 6. The minimum Gasteiger partial charge on any atom is -0.397 e. The van der Waals surface area contributed by atoms with Crippen LogP contribution in [0, 0.1) is 0 Å². The number of carbonyl (C=O) groups is 1. The molecule has 0 radical (unpaired) electrons. The van der Waals surface area contributed by atoms with Crippen LogP contribution in [-0.4, -0.2) is 32.2 Å². The second-order valence-electron chi connectivity index (χ2n) is 5.56. The lowest BCUT2D eigenvalue weighted by Crippen LogP contribution is -2.36. The number of carbonyl (C=O) groups excluding carboxylic acids is 1. The van der Waals surface area contributed by atoms with Gasteiger partial charge in [-0.05, 0) is 37.5 Å². The van der Waals surface area contributed by atoms with Gasteiger partial charge in [0, 0.05) is 31.8 Å². The van der Waals surface area contributed by atoms with Gasteiger partial charge in [0.15, 0.2) is 0 Å². The summed E-state index contributed by atoms with van der Waals surface area (Å²) in [7, 11) is 1.71. The molecule has 0 saturated carbocycles. The molecule has 1 unspecified atom stereocenters. The number of ether oxygens (including phenoxy) is 1. The fourth-order valence-corrected chi connectivity index (χ4v) is 2.67. The fourth-order valence-electron chi connectivity index (χ4n) is 2.67. The average Bonchev–Trinajstić information content (AvgIpc) is 2.47. The number of nitrogens with one attached hydrogen (secondary N) is 1. The summed E-state index contributed by atoms with van der Waals surface area (Å²) in [6.45, 7) is 5.83. The number of nitrogens with zero attached hydrogens (tertiary/aromatic N) is 1. The third-order valence-electron chi connectivity index (χ3n) is 4.12. The summed E-state index contributed by atoms with van der Waals surface area (Å²) in [6, 6.07) is 4.38. The molecule has 21 heavy (non-hydrogen) atoms. The highest BCUT2D eigenvalue weighted by atomic mass is 16.5. The van der Waals surface area contributed by atoms with Crippen LogP contribution in [0.4, 0.5) is 17.1 Å². The third kappa shape index (κ3) is 3.47. The molecule has 0 bridgehead atoms. The number of benzene rings is 1. The van der Waals surface area contributed by atoms with Gasteiger partial charge in [-0.2, -0.15) is 0 Å². The third-order valence-corrected chi connectivity index (χ3v) is 4.12. The van der Waals surface area contributed by atoms with Gasteiger partial charge in [-0.25, -0.2) is 0 Å². The van der Waals surface area contributed by atoms with Gasteiger partial charge in [-0.3, -0.25) is 4.79 Å². The van der Waals surface area contributed by atoms with Crippen LogP contribution in [0.2, 0.25) is 0 Å². The van der Waals surface area contributed by atoms with E-state index >= 15 is 0 Å². The van der Waals surface area contributed by atoms with E-state index in [4.69, 9.17) is 10.5 Å². The van der Waals surface area contributed by atoms with E-state index in [1.165, 1.54) is 0 Å². The monoisotopic (exact) mass is 291 g/mol. The molecular formula is C16H25N3O2. The normalized spacial score (nSPS) is 15.3. The summed E-state index contributed by atoms with van der Waals surface area (Å²) in [6.07, 6.45) is 2.35. The maximum absolute atomic E-state index is 11.5. The molecule has 0 fully saturated rings. The first kappa shape index (κ1) is 15.6. The van der Waals surface area contributed by atoms with Crippen LogP contribution < -0.4 is 16.0 Å². The zero-order valence-corrected chi connectivity index (χ0v) is 13.1. The number of nitrogens with two attached hydrogens (primary N) is 1. The summed E-state index contributed by atoms with van der Waals surface area (Å²) in [5.41, 5.74) is 9.97. The van der Waals surface area contributed by atoms with Crippen molar-refractivity contribution in [2.75, 3.05) is 36.2 Å². The van der Waals surface area contributed by atoms with E-state index in [0.717, 1.165) is 36.3 Å². The molecule has 0 spiro atoms. The first-order chi connectivity index (χ1) is 10.1. The average molecular weight is 291 g/mol. The summed E-state index contributed by atoms with van der Waals surface area (Å²) < 4.78 is 5.22. The lowest BCUT2D eigenvalue weighted by Gasteiger charge is -2.33. The molecule has 1 atom stereocenters. The molecule has 0 aliphatic carbocycles. The van der Waals surface area contributed by atoms with E-state index in [1.54, 1.807) is 7.11 Å². The van der Waals surface area contributed by atoms with Gasteiger partial charge < -0.3 is 20.7 Å². The molecule has 1 aliphatic rings. The van der Waals surface area contributed by atoms with Crippen LogP contribution in [0.3, 0.4) is 0 Å². The lowest BCUT2D eigenvalue weighted by atomic mass is 10.00. The number of fused-ring (bicyclic) bond motifs is 1. The second kappa shape index (κ2) is 6.80. The van der Waals surface area contributed by atoms with Crippen molar-refractivity contribution in [2.45, 2.75) is 39.2 Å². The summed E-state index contributed by atoms with van der Waals surface area (Å²) in [5, 5.41) is 2.89. The van der Waals surface area contributed by atoms with Gasteiger partial charge in [0.05, 0.1) is 18.0 Å². The molecule has 1 amide bonds. The Hall–Kier alpha value is -1.75. The van der Waals surface area contributed by atoms with Crippen molar-refractivity contribution in [3.05, 3.63) is 17.7 Å². The number of aryl methyl sites for hydroxylation is 1. The number of methoxy groups -OCH3 is 1. The smallest absolute Gasteiger partial charge is 0.224 e. The topological polar surface area (TPSA) is 67.6 Å². The molecule has 5 heteroatoms. The molecule has 1 aromatic carbocycles. The summed E-state index contributed by atoms with van der Waals surface area (Å²) in [4.78, 5) is 13.8. The van der Waals surface area contributed by atoms with Gasteiger partial charge >= 0.3 is 0 Å².